The number of pyridine rings is 2. The molecule has 1 amide bonds. The summed E-state index contributed by atoms with van der Waals surface area (Å²) in [6.07, 6.45) is 1.42. The molecule has 1 fully saturated rings. The van der Waals surface area contributed by atoms with Crippen molar-refractivity contribution in [1.29, 1.82) is 0 Å². The molecule has 1 saturated heterocycles. The minimum atomic E-state index is -0.294. The first-order valence-electron chi connectivity index (χ1n) is 10.5. The van der Waals surface area contributed by atoms with Crippen molar-refractivity contribution in [3.63, 3.8) is 0 Å². The molecule has 1 aromatic carbocycles. The molecule has 0 radical (unpaired) electrons. The van der Waals surface area contributed by atoms with Crippen molar-refractivity contribution in [2.45, 2.75) is 20.0 Å². The molecule has 0 bridgehead atoms. The van der Waals surface area contributed by atoms with Crippen LogP contribution in [-0.4, -0.2) is 45.5 Å². The summed E-state index contributed by atoms with van der Waals surface area (Å²) in [5, 5.41) is 5.05. The van der Waals surface area contributed by atoms with Crippen LogP contribution in [0.5, 0.6) is 0 Å². The number of hydrogen-bond acceptors (Lipinski definition) is 7. The highest BCUT2D eigenvalue weighted by atomic mass is 32.1. The van der Waals surface area contributed by atoms with Gasteiger partial charge in [0.2, 0.25) is 0 Å². The normalized spacial score (nSPS) is 16.3. The Bertz CT molecular complexity index is 1260. The van der Waals surface area contributed by atoms with Crippen LogP contribution in [-0.2, 0) is 4.74 Å². The van der Waals surface area contributed by atoms with E-state index in [1.165, 1.54) is 4.88 Å². The number of anilines is 2. The highest BCUT2D eigenvalue weighted by molar-refractivity contribution is 7.15. The second-order valence-corrected chi connectivity index (χ2v) is 8.93. The number of morpholine rings is 1. The first-order valence-corrected chi connectivity index (χ1v) is 11.3. The first kappa shape index (κ1) is 20.5. The van der Waals surface area contributed by atoms with E-state index in [0.29, 0.717) is 31.1 Å². The van der Waals surface area contributed by atoms with Crippen LogP contribution in [0.25, 0.3) is 10.9 Å². The smallest absolute Gasteiger partial charge is 0.256 e. The zero-order valence-electron chi connectivity index (χ0n) is 17.9. The largest absolute Gasteiger partial charge is 0.368 e. The Hall–Kier alpha value is -3.36. The van der Waals surface area contributed by atoms with E-state index < -0.39 is 0 Å². The van der Waals surface area contributed by atoms with Gasteiger partial charge in [-0.25, -0.2) is 9.97 Å². The molecule has 1 N–H and O–H groups in total. The van der Waals surface area contributed by atoms with E-state index in [1.54, 1.807) is 17.5 Å². The molecule has 3 aromatic heterocycles. The van der Waals surface area contributed by atoms with Crippen molar-refractivity contribution in [2.75, 3.05) is 25.0 Å². The quantitative estimate of drug-likeness (QED) is 0.492. The standard InChI is InChI=1S/C24H23N5O2S/c1-15-16(2)32-24(26-15)28-21-10-4-9-19(27-21)20-14-29(12-13-31-20)23(30)18-8-3-6-17-7-5-11-25-22(17)18/h3-11,20H,12-14H2,1-2H3,(H,26,27,28)/t20-/m0/s1. The van der Waals surface area contributed by atoms with Gasteiger partial charge in [-0.1, -0.05) is 24.3 Å². The molecule has 0 unspecified atom stereocenters. The number of ether oxygens (including phenoxy) is 1. The highest BCUT2D eigenvalue weighted by Crippen LogP contribution is 2.27. The average Bonchev–Trinajstić information content (AvgIpc) is 3.14. The Labute approximate surface area is 190 Å². The minimum Gasteiger partial charge on any atom is -0.368 e. The van der Waals surface area contributed by atoms with Crippen LogP contribution < -0.4 is 5.32 Å². The number of aromatic nitrogens is 3. The van der Waals surface area contributed by atoms with Crippen molar-refractivity contribution >= 4 is 39.1 Å². The number of fused-ring (bicyclic) bond motifs is 1. The van der Waals surface area contributed by atoms with Crippen molar-refractivity contribution in [3.05, 3.63) is 76.6 Å². The lowest BCUT2D eigenvalue weighted by Gasteiger charge is -2.33. The van der Waals surface area contributed by atoms with Gasteiger partial charge in [0.05, 0.1) is 35.6 Å². The molecule has 162 valence electrons. The fourth-order valence-electron chi connectivity index (χ4n) is 3.80. The number of aryl methyl sites for hydroxylation is 2. The molecule has 32 heavy (non-hydrogen) atoms. The summed E-state index contributed by atoms with van der Waals surface area (Å²) in [7, 11) is 0. The summed E-state index contributed by atoms with van der Waals surface area (Å²) >= 11 is 1.60. The first-order chi connectivity index (χ1) is 15.6. The lowest BCUT2D eigenvalue weighted by Crippen LogP contribution is -2.42. The van der Waals surface area contributed by atoms with E-state index in [-0.39, 0.29) is 12.0 Å². The third-order valence-corrected chi connectivity index (χ3v) is 6.57. The van der Waals surface area contributed by atoms with E-state index >= 15 is 0 Å². The Balaban J connectivity index is 1.35. The minimum absolute atomic E-state index is 0.0365. The monoisotopic (exact) mass is 445 g/mol. The van der Waals surface area contributed by atoms with Crippen molar-refractivity contribution in [2.24, 2.45) is 0 Å². The second kappa shape index (κ2) is 8.64. The number of carbonyl (C=O) groups is 1. The summed E-state index contributed by atoms with van der Waals surface area (Å²) in [6.45, 7) is 5.48. The maximum absolute atomic E-state index is 13.3. The maximum atomic E-state index is 13.3. The van der Waals surface area contributed by atoms with Gasteiger partial charge in [0.25, 0.3) is 5.91 Å². The van der Waals surface area contributed by atoms with E-state index in [2.05, 4.69) is 22.2 Å². The number of nitrogens with one attached hydrogen (secondary N) is 1. The summed E-state index contributed by atoms with van der Waals surface area (Å²) in [5.74, 6) is 0.673. The molecule has 1 aliphatic heterocycles. The van der Waals surface area contributed by atoms with E-state index in [9.17, 15) is 4.79 Å². The van der Waals surface area contributed by atoms with Gasteiger partial charge in [-0.15, -0.1) is 11.3 Å². The molecule has 1 atom stereocenters. The molecule has 4 aromatic rings. The van der Waals surface area contributed by atoms with Gasteiger partial charge in [0.1, 0.15) is 11.9 Å². The zero-order chi connectivity index (χ0) is 22.1. The number of para-hydroxylation sites is 1. The molecular weight excluding hydrogens is 422 g/mol. The summed E-state index contributed by atoms with van der Waals surface area (Å²) < 4.78 is 5.98. The Morgan fingerprint density at radius 1 is 1.12 bits per heavy atom. The molecule has 0 spiro atoms. The maximum Gasteiger partial charge on any atom is 0.256 e. The van der Waals surface area contributed by atoms with Gasteiger partial charge >= 0.3 is 0 Å². The predicted molar refractivity (Wildman–Crippen MR) is 125 cm³/mol. The third kappa shape index (κ3) is 4.06. The van der Waals surface area contributed by atoms with Crippen molar-refractivity contribution in [3.8, 4) is 0 Å². The average molecular weight is 446 g/mol. The molecule has 1 aliphatic rings. The van der Waals surface area contributed by atoms with Crippen LogP contribution in [0.15, 0.2) is 54.7 Å². The predicted octanol–water partition coefficient (Wildman–Crippen LogP) is 4.66. The van der Waals surface area contributed by atoms with Crippen molar-refractivity contribution < 1.29 is 9.53 Å². The van der Waals surface area contributed by atoms with Crippen LogP contribution in [0.3, 0.4) is 0 Å². The van der Waals surface area contributed by atoms with Gasteiger partial charge in [-0.2, -0.15) is 0 Å². The topological polar surface area (TPSA) is 80.2 Å². The lowest BCUT2D eigenvalue weighted by atomic mass is 10.1. The number of nitrogens with zero attached hydrogens (tertiary/aromatic N) is 4. The summed E-state index contributed by atoms with van der Waals surface area (Å²) in [6, 6.07) is 15.3. The Morgan fingerprint density at radius 2 is 1.97 bits per heavy atom. The molecule has 0 saturated carbocycles. The molecule has 7 nitrogen and oxygen atoms in total. The van der Waals surface area contributed by atoms with E-state index in [0.717, 1.165) is 27.4 Å². The summed E-state index contributed by atoms with van der Waals surface area (Å²) in [5.41, 5.74) is 3.14. The molecular formula is C24H23N5O2S. The van der Waals surface area contributed by atoms with Crippen LogP contribution in [0.1, 0.15) is 32.7 Å². The molecule has 4 heterocycles. The Kier molecular flexibility index (Phi) is 5.55. The lowest BCUT2D eigenvalue weighted by molar-refractivity contribution is -0.0246. The summed E-state index contributed by atoms with van der Waals surface area (Å²) in [4.78, 5) is 30.0. The highest BCUT2D eigenvalue weighted by Gasteiger charge is 2.28. The number of thiazole rings is 1. The zero-order valence-corrected chi connectivity index (χ0v) is 18.7. The number of hydrogen-bond donors (Lipinski definition) is 1. The fraction of sp³-hybridized carbons (Fsp3) is 0.250. The number of carbonyl (C=O) groups excluding carboxylic acids is 1. The number of benzene rings is 1. The molecule has 8 heteroatoms. The van der Waals surface area contributed by atoms with Crippen LogP contribution >= 0.6 is 11.3 Å². The van der Waals surface area contributed by atoms with Gasteiger partial charge in [-0.05, 0) is 38.1 Å². The van der Waals surface area contributed by atoms with Crippen LogP contribution in [0.4, 0.5) is 10.9 Å². The van der Waals surface area contributed by atoms with Gasteiger partial charge in [-0.3, -0.25) is 9.78 Å². The van der Waals surface area contributed by atoms with Gasteiger partial charge < -0.3 is 15.0 Å². The fourth-order valence-corrected chi connectivity index (χ4v) is 4.62. The number of rotatable bonds is 4. The third-order valence-electron chi connectivity index (χ3n) is 5.58. The second-order valence-electron chi connectivity index (χ2n) is 7.72. The number of amides is 1. The van der Waals surface area contributed by atoms with Gasteiger partial charge in [0, 0.05) is 23.0 Å². The Morgan fingerprint density at radius 3 is 2.81 bits per heavy atom. The van der Waals surface area contributed by atoms with E-state index in [4.69, 9.17) is 9.72 Å². The van der Waals surface area contributed by atoms with E-state index in [1.807, 2.05) is 60.4 Å². The molecule has 5 rings (SSSR count). The van der Waals surface area contributed by atoms with Crippen molar-refractivity contribution in [1.82, 2.24) is 19.9 Å². The van der Waals surface area contributed by atoms with Crippen LogP contribution in [0.2, 0.25) is 0 Å². The van der Waals surface area contributed by atoms with Crippen LogP contribution in [0, 0.1) is 13.8 Å². The molecule has 0 aliphatic carbocycles. The SMILES string of the molecule is Cc1nc(Nc2cccc([C@@H]3CN(C(=O)c4cccc5cccnc45)CCO3)n2)sc1C. The van der Waals surface area contributed by atoms with Gasteiger partial charge in [0.15, 0.2) is 5.13 Å².